The molecule has 17 heavy (non-hydrogen) atoms. The molecule has 1 unspecified atom stereocenters. The van der Waals surface area contributed by atoms with Gasteiger partial charge in [-0.15, -0.1) is 0 Å². The van der Waals surface area contributed by atoms with E-state index in [0.717, 1.165) is 0 Å². The van der Waals surface area contributed by atoms with E-state index in [9.17, 15) is 5.11 Å². The first kappa shape index (κ1) is 14.2. The van der Waals surface area contributed by atoms with E-state index < -0.39 is 5.60 Å². The molecule has 3 heteroatoms. The molecule has 1 aromatic rings. The van der Waals surface area contributed by atoms with E-state index in [0.29, 0.717) is 13.1 Å². The number of rotatable bonds is 5. The van der Waals surface area contributed by atoms with E-state index in [4.69, 9.17) is 5.11 Å². The topological polar surface area (TPSA) is 52.5 Å². The van der Waals surface area contributed by atoms with Crippen molar-refractivity contribution in [1.82, 2.24) is 5.32 Å². The van der Waals surface area contributed by atoms with E-state index in [2.05, 4.69) is 38.2 Å². The molecule has 1 atom stereocenters. The third-order valence-corrected chi connectivity index (χ3v) is 3.11. The van der Waals surface area contributed by atoms with Crippen molar-refractivity contribution in [2.75, 3.05) is 13.2 Å². The summed E-state index contributed by atoms with van der Waals surface area (Å²) in [6.07, 6.45) is 0. The standard InChI is InChI=1S/C14H23NO2/c1-10-5-12(3)13(6-11(10)2)7-15-8-14(4,17)9-16/h5-6,15-17H,7-9H2,1-4H3. The molecule has 0 heterocycles. The number of aliphatic hydroxyl groups excluding tert-OH is 1. The van der Waals surface area contributed by atoms with Gasteiger partial charge in [-0.05, 0) is 49.9 Å². The fraction of sp³-hybridized carbons (Fsp3) is 0.571. The molecule has 0 fully saturated rings. The highest BCUT2D eigenvalue weighted by Crippen LogP contribution is 2.15. The van der Waals surface area contributed by atoms with Gasteiger partial charge in [0.15, 0.2) is 0 Å². The average molecular weight is 237 g/mol. The second-order valence-electron chi connectivity index (χ2n) is 5.12. The summed E-state index contributed by atoms with van der Waals surface area (Å²) in [5, 5.41) is 21.8. The van der Waals surface area contributed by atoms with Gasteiger partial charge in [-0.1, -0.05) is 12.1 Å². The molecule has 0 aliphatic heterocycles. The number of hydrogen-bond acceptors (Lipinski definition) is 3. The lowest BCUT2D eigenvalue weighted by molar-refractivity contribution is 0.00253. The minimum absolute atomic E-state index is 0.230. The van der Waals surface area contributed by atoms with Gasteiger partial charge < -0.3 is 15.5 Å². The Bertz CT molecular complexity index is 386. The Morgan fingerprint density at radius 1 is 1.12 bits per heavy atom. The van der Waals surface area contributed by atoms with Gasteiger partial charge in [0.05, 0.1) is 12.2 Å². The maximum atomic E-state index is 9.66. The van der Waals surface area contributed by atoms with Gasteiger partial charge in [-0.2, -0.15) is 0 Å². The SMILES string of the molecule is Cc1cc(C)c(CNCC(C)(O)CO)cc1C. The van der Waals surface area contributed by atoms with Crippen LogP contribution in [0.1, 0.15) is 29.2 Å². The lowest BCUT2D eigenvalue weighted by atomic mass is 10.0. The largest absolute Gasteiger partial charge is 0.393 e. The van der Waals surface area contributed by atoms with Gasteiger partial charge in [0.1, 0.15) is 0 Å². The second kappa shape index (κ2) is 5.63. The van der Waals surface area contributed by atoms with Crippen molar-refractivity contribution in [2.45, 2.75) is 39.8 Å². The second-order valence-corrected chi connectivity index (χ2v) is 5.12. The first-order chi connectivity index (χ1) is 7.85. The number of aryl methyl sites for hydroxylation is 3. The molecule has 1 aromatic carbocycles. The van der Waals surface area contributed by atoms with Crippen LogP contribution in [-0.4, -0.2) is 29.0 Å². The number of benzene rings is 1. The maximum Gasteiger partial charge on any atom is 0.0972 e. The minimum atomic E-state index is -1.05. The molecule has 0 spiro atoms. The van der Waals surface area contributed by atoms with E-state index in [1.807, 2.05) is 0 Å². The van der Waals surface area contributed by atoms with Crippen molar-refractivity contribution in [1.29, 1.82) is 0 Å². The van der Waals surface area contributed by atoms with Crippen molar-refractivity contribution in [3.05, 3.63) is 34.4 Å². The van der Waals surface area contributed by atoms with Crippen LogP contribution in [0.15, 0.2) is 12.1 Å². The monoisotopic (exact) mass is 237 g/mol. The van der Waals surface area contributed by atoms with Gasteiger partial charge in [0.2, 0.25) is 0 Å². The van der Waals surface area contributed by atoms with Crippen LogP contribution in [0.5, 0.6) is 0 Å². The van der Waals surface area contributed by atoms with Gasteiger partial charge >= 0.3 is 0 Å². The van der Waals surface area contributed by atoms with E-state index in [1.165, 1.54) is 22.3 Å². The Morgan fingerprint density at radius 2 is 1.71 bits per heavy atom. The van der Waals surface area contributed by atoms with Crippen molar-refractivity contribution in [3.63, 3.8) is 0 Å². The Hall–Kier alpha value is -0.900. The summed E-state index contributed by atoms with van der Waals surface area (Å²) in [5.41, 5.74) is 4.02. The summed E-state index contributed by atoms with van der Waals surface area (Å²) in [6.45, 7) is 8.78. The van der Waals surface area contributed by atoms with Crippen LogP contribution in [0, 0.1) is 20.8 Å². The van der Waals surface area contributed by atoms with Gasteiger partial charge in [0, 0.05) is 13.1 Å². The molecule has 0 bridgehead atoms. The molecular weight excluding hydrogens is 214 g/mol. The maximum absolute atomic E-state index is 9.66. The average Bonchev–Trinajstić information content (AvgIpc) is 2.25. The van der Waals surface area contributed by atoms with Crippen LogP contribution in [0.25, 0.3) is 0 Å². The summed E-state index contributed by atoms with van der Waals surface area (Å²) in [6, 6.07) is 4.35. The predicted molar refractivity (Wildman–Crippen MR) is 70.1 cm³/mol. The number of nitrogens with one attached hydrogen (secondary N) is 1. The summed E-state index contributed by atoms with van der Waals surface area (Å²) < 4.78 is 0. The van der Waals surface area contributed by atoms with Crippen LogP contribution < -0.4 is 5.32 Å². The molecule has 0 aliphatic carbocycles. The minimum Gasteiger partial charge on any atom is -0.393 e. The fourth-order valence-corrected chi connectivity index (χ4v) is 1.73. The van der Waals surface area contributed by atoms with Crippen LogP contribution in [0.4, 0.5) is 0 Å². The van der Waals surface area contributed by atoms with Crippen LogP contribution in [-0.2, 0) is 6.54 Å². The Kier molecular flexibility index (Phi) is 4.69. The highest BCUT2D eigenvalue weighted by Gasteiger charge is 2.17. The summed E-state index contributed by atoms with van der Waals surface area (Å²) >= 11 is 0. The number of aliphatic hydroxyl groups is 2. The molecule has 0 amide bonds. The third-order valence-electron chi connectivity index (χ3n) is 3.11. The van der Waals surface area contributed by atoms with Crippen LogP contribution in [0.2, 0.25) is 0 Å². The lowest BCUT2D eigenvalue weighted by Crippen LogP contribution is -2.40. The van der Waals surface area contributed by atoms with Gasteiger partial charge in [-0.3, -0.25) is 0 Å². The molecule has 0 aromatic heterocycles. The molecule has 0 saturated heterocycles. The molecule has 3 N–H and O–H groups in total. The third kappa shape index (κ3) is 4.11. The van der Waals surface area contributed by atoms with Crippen molar-refractivity contribution in [3.8, 4) is 0 Å². The molecule has 0 aliphatic rings. The van der Waals surface area contributed by atoms with Gasteiger partial charge in [-0.25, -0.2) is 0 Å². The normalized spacial score (nSPS) is 14.7. The summed E-state index contributed by atoms with van der Waals surface area (Å²) in [4.78, 5) is 0. The van der Waals surface area contributed by atoms with E-state index in [-0.39, 0.29) is 6.61 Å². The zero-order chi connectivity index (χ0) is 13.1. The quantitative estimate of drug-likeness (QED) is 0.726. The van der Waals surface area contributed by atoms with Crippen molar-refractivity contribution in [2.24, 2.45) is 0 Å². The van der Waals surface area contributed by atoms with Crippen LogP contribution in [0.3, 0.4) is 0 Å². The van der Waals surface area contributed by atoms with Gasteiger partial charge in [0.25, 0.3) is 0 Å². The molecule has 96 valence electrons. The lowest BCUT2D eigenvalue weighted by Gasteiger charge is -2.21. The first-order valence-electron chi connectivity index (χ1n) is 5.96. The summed E-state index contributed by atoms with van der Waals surface area (Å²) in [5.74, 6) is 0. The Morgan fingerprint density at radius 3 is 2.29 bits per heavy atom. The molecule has 1 rings (SSSR count). The van der Waals surface area contributed by atoms with E-state index >= 15 is 0 Å². The Balaban J connectivity index is 2.61. The van der Waals surface area contributed by atoms with Crippen molar-refractivity contribution < 1.29 is 10.2 Å². The smallest absolute Gasteiger partial charge is 0.0972 e. The number of hydrogen-bond donors (Lipinski definition) is 3. The van der Waals surface area contributed by atoms with Crippen molar-refractivity contribution >= 4 is 0 Å². The molecular formula is C14H23NO2. The predicted octanol–water partition coefficient (Wildman–Crippen LogP) is 1.44. The zero-order valence-corrected chi connectivity index (χ0v) is 11.2. The Labute approximate surface area is 103 Å². The molecule has 0 saturated carbocycles. The van der Waals surface area contributed by atoms with Crippen LogP contribution >= 0.6 is 0 Å². The molecule has 3 nitrogen and oxygen atoms in total. The molecule has 0 radical (unpaired) electrons. The summed E-state index contributed by atoms with van der Waals surface area (Å²) in [7, 11) is 0. The highest BCUT2D eigenvalue weighted by molar-refractivity contribution is 5.36. The first-order valence-corrected chi connectivity index (χ1v) is 5.96. The fourth-order valence-electron chi connectivity index (χ4n) is 1.73. The zero-order valence-electron chi connectivity index (χ0n) is 11.2. The van der Waals surface area contributed by atoms with E-state index in [1.54, 1.807) is 6.92 Å². The highest BCUT2D eigenvalue weighted by atomic mass is 16.3.